The maximum Gasteiger partial charge on any atom is 0.707 e. The predicted molar refractivity (Wildman–Crippen MR) is 66.5 cm³/mol. The summed E-state index contributed by atoms with van der Waals surface area (Å²) in [6, 6.07) is 17.4. The molecule has 2 aromatic rings. The molecule has 0 saturated heterocycles. The van der Waals surface area contributed by atoms with E-state index >= 15 is 0 Å². The molecule has 0 aromatic heterocycles. The Morgan fingerprint density at radius 3 is 2.00 bits per heavy atom. The third-order valence-corrected chi connectivity index (χ3v) is 2.42. The van der Waals surface area contributed by atoms with E-state index in [0.29, 0.717) is 5.75 Å². The van der Waals surface area contributed by atoms with Crippen LogP contribution in [0.25, 0.3) is 0 Å². The smallest absolute Gasteiger partial charge is 0.512 e. The summed E-state index contributed by atoms with van der Waals surface area (Å²) in [5.74, 6) is 0.441. The van der Waals surface area contributed by atoms with Crippen molar-refractivity contribution in [1.29, 1.82) is 0 Å². The van der Waals surface area contributed by atoms with Crippen molar-refractivity contribution in [3.63, 3.8) is 0 Å². The molecule has 0 aliphatic carbocycles. The monoisotopic (exact) mass is 228 g/mol. The fourth-order valence-electron chi connectivity index (χ4n) is 1.64. The maximum absolute atomic E-state index is 8.64. The van der Waals surface area contributed by atoms with Gasteiger partial charge >= 0.3 is 7.32 Å². The van der Waals surface area contributed by atoms with Gasteiger partial charge in [0.05, 0.1) is 0 Å². The summed E-state index contributed by atoms with van der Waals surface area (Å²) in [6.45, 7) is 0. The Morgan fingerprint density at radius 2 is 1.41 bits per heavy atom. The average molecular weight is 228 g/mol. The van der Waals surface area contributed by atoms with Gasteiger partial charge in [-0.3, -0.25) is 0 Å². The summed E-state index contributed by atoms with van der Waals surface area (Å²) in [5.41, 5.74) is 2.39. The summed E-state index contributed by atoms with van der Waals surface area (Å²) in [6.07, 6.45) is 0.850. The minimum absolute atomic E-state index is 0.441. The van der Waals surface area contributed by atoms with Crippen molar-refractivity contribution in [1.82, 2.24) is 0 Å². The quantitative estimate of drug-likeness (QED) is 0.782. The molecule has 4 heteroatoms. The van der Waals surface area contributed by atoms with Gasteiger partial charge in [0.25, 0.3) is 0 Å². The normalized spacial score (nSPS) is 10.0. The van der Waals surface area contributed by atoms with Crippen LogP contribution in [-0.2, 0) is 6.42 Å². The second-order valence-electron chi connectivity index (χ2n) is 3.75. The third-order valence-electron chi connectivity index (χ3n) is 2.42. The Balaban J connectivity index is 2.03. The lowest BCUT2D eigenvalue weighted by Gasteiger charge is -2.06. The van der Waals surface area contributed by atoms with Crippen molar-refractivity contribution in [2.45, 2.75) is 6.42 Å². The predicted octanol–water partition coefficient (Wildman–Crippen LogP) is 1.63. The fraction of sp³-hybridized carbons (Fsp3) is 0.0769. The van der Waals surface area contributed by atoms with Gasteiger partial charge in [-0.15, -0.1) is 0 Å². The molecule has 3 nitrogen and oxygen atoms in total. The molecule has 2 aromatic carbocycles. The van der Waals surface area contributed by atoms with E-state index in [1.165, 1.54) is 5.56 Å². The molecule has 2 rings (SSSR count). The summed E-state index contributed by atoms with van der Waals surface area (Å²) in [7, 11) is -1.77. The maximum atomic E-state index is 8.64. The van der Waals surface area contributed by atoms with E-state index < -0.39 is 7.32 Å². The van der Waals surface area contributed by atoms with Crippen molar-refractivity contribution in [2.24, 2.45) is 0 Å². The van der Waals surface area contributed by atoms with E-state index in [0.717, 1.165) is 12.0 Å². The highest BCUT2D eigenvalue weighted by molar-refractivity contribution is 6.33. The minimum atomic E-state index is -1.77. The first-order valence-electron chi connectivity index (χ1n) is 5.40. The first kappa shape index (κ1) is 11.7. The lowest BCUT2D eigenvalue weighted by molar-refractivity contribution is 0.288. The van der Waals surface area contributed by atoms with Gasteiger partial charge < -0.3 is 14.7 Å². The van der Waals surface area contributed by atoms with Crippen LogP contribution in [0.4, 0.5) is 0 Å². The number of benzene rings is 2. The molecule has 0 amide bonds. The van der Waals surface area contributed by atoms with Crippen LogP contribution < -0.4 is 4.65 Å². The van der Waals surface area contributed by atoms with Crippen LogP contribution in [-0.4, -0.2) is 17.4 Å². The van der Waals surface area contributed by atoms with Gasteiger partial charge in [-0.1, -0.05) is 42.5 Å². The molecule has 0 fully saturated rings. The van der Waals surface area contributed by atoms with Crippen LogP contribution in [0.3, 0.4) is 0 Å². The molecule has 0 bridgehead atoms. The molecule has 0 heterocycles. The van der Waals surface area contributed by atoms with Crippen LogP contribution in [0.1, 0.15) is 11.1 Å². The molecule has 0 saturated carbocycles. The van der Waals surface area contributed by atoms with E-state index in [1.807, 2.05) is 30.3 Å². The Hall–Kier alpha value is -1.78. The van der Waals surface area contributed by atoms with Crippen LogP contribution in [0.15, 0.2) is 54.6 Å². The standard InChI is InChI=1S/C13H13BO3/c15-14(16)17-13-8-6-12(7-9-13)10-11-4-2-1-3-5-11/h1-9,15-16H,10H2. The zero-order valence-corrected chi connectivity index (χ0v) is 9.28. The molecule has 17 heavy (non-hydrogen) atoms. The SMILES string of the molecule is OB(O)Oc1ccc(Cc2ccccc2)cc1. The van der Waals surface area contributed by atoms with E-state index in [4.69, 9.17) is 14.7 Å². The molecule has 0 spiro atoms. The highest BCUT2D eigenvalue weighted by atomic mass is 16.6. The van der Waals surface area contributed by atoms with Crippen LogP contribution in [0.2, 0.25) is 0 Å². The highest BCUT2D eigenvalue weighted by Gasteiger charge is 2.10. The van der Waals surface area contributed by atoms with Gasteiger partial charge in [0.1, 0.15) is 5.75 Å². The van der Waals surface area contributed by atoms with Crippen molar-refractivity contribution in [2.75, 3.05) is 0 Å². The Kier molecular flexibility index (Phi) is 3.80. The summed E-state index contributed by atoms with van der Waals surface area (Å²) in [5, 5.41) is 17.3. The van der Waals surface area contributed by atoms with E-state index in [2.05, 4.69) is 12.1 Å². The van der Waals surface area contributed by atoms with Crippen molar-refractivity contribution < 1.29 is 14.7 Å². The molecule has 0 aliphatic heterocycles. The Morgan fingerprint density at radius 1 is 0.824 bits per heavy atom. The van der Waals surface area contributed by atoms with Gasteiger partial charge in [0.15, 0.2) is 0 Å². The van der Waals surface area contributed by atoms with E-state index in [-0.39, 0.29) is 0 Å². The molecular weight excluding hydrogens is 215 g/mol. The van der Waals surface area contributed by atoms with Crippen LogP contribution in [0, 0.1) is 0 Å². The first-order valence-corrected chi connectivity index (χ1v) is 5.40. The Bertz CT molecular complexity index is 454. The topological polar surface area (TPSA) is 49.7 Å². The van der Waals surface area contributed by atoms with Crippen molar-refractivity contribution in [3.8, 4) is 5.75 Å². The van der Waals surface area contributed by atoms with Crippen LogP contribution in [0.5, 0.6) is 5.75 Å². The molecule has 0 atom stereocenters. The molecule has 0 radical (unpaired) electrons. The van der Waals surface area contributed by atoms with Crippen LogP contribution >= 0.6 is 0 Å². The zero-order chi connectivity index (χ0) is 12.1. The van der Waals surface area contributed by atoms with Gasteiger partial charge in [-0.25, -0.2) is 0 Å². The lowest BCUT2D eigenvalue weighted by Crippen LogP contribution is -2.20. The van der Waals surface area contributed by atoms with Crippen molar-refractivity contribution in [3.05, 3.63) is 65.7 Å². The number of hydrogen-bond donors (Lipinski definition) is 2. The average Bonchev–Trinajstić information content (AvgIpc) is 2.32. The second kappa shape index (κ2) is 5.52. The van der Waals surface area contributed by atoms with E-state index in [1.54, 1.807) is 12.1 Å². The molecule has 0 unspecified atom stereocenters. The molecule has 2 N–H and O–H groups in total. The number of rotatable bonds is 4. The summed E-state index contributed by atoms with van der Waals surface area (Å²) >= 11 is 0. The first-order chi connectivity index (χ1) is 8.24. The Labute approximate surface area is 100 Å². The van der Waals surface area contributed by atoms with Gasteiger partial charge in [0, 0.05) is 0 Å². The fourth-order valence-corrected chi connectivity index (χ4v) is 1.64. The minimum Gasteiger partial charge on any atom is -0.512 e. The zero-order valence-electron chi connectivity index (χ0n) is 9.28. The molecular formula is C13H13BO3. The summed E-state index contributed by atoms with van der Waals surface area (Å²) < 4.78 is 4.73. The van der Waals surface area contributed by atoms with Gasteiger partial charge in [-0.05, 0) is 29.7 Å². The molecule has 86 valence electrons. The summed E-state index contributed by atoms with van der Waals surface area (Å²) in [4.78, 5) is 0. The second-order valence-corrected chi connectivity index (χ2v) is 3.75. The van der Waals surface area contributed by atoms with Gasteiger partial charge in [0.2, 0.25) is 0 Å². The van der Waals surface area contributed by atoms with E-state index in [9.17, 15) is 0 Å². The highest BCUT2D eigenvalue weighted by Crippen LogP contribution is 2.15. The third kappa shape index (κ3) is 3.62. The molecule has 0 aliphatic rings. The largest absolute Gasteiger partial charge is 0.707 e. The van der Waals surface area contributed by atoms with Gasteiger partial charge in [-0.2, -0.15) is 0 Å². The lowest BCUT2D eigenvalue weighted by atomic mass is 10.1. The van der Waals surface area contributed by atoms with Crippen molar-refractivity contribution >= 4 is 7.32 Å². The number of hydrogen-bond acceptors (Lipinski definition) is 3.